The Hall–Kier alpha value is -0.310. The molecule has 8 heteroatoms. The number of nitrogens with one attached hydrogen (secondary N) is 1. The number of pyridine rings is 1. The van der Waals surface area contributed by atoms with Gasteiger partial charge >= 0.3 is 6.18 Å². The van der Waals surface area contributed by atoms with Gasteiger partial charge in [-0.25, -0.2) is 0 Å². The number of hydrogen-bond acceptors (Lipinski definition) is 3. The Balaban J connectivity index is 3.00. The van der Waals surface area contributed by atoms with Crippen molar-refractivity contribution >= 4 is 27.3 Å². The van der Waals surface area contributed by atoms with E-state index < -0.39 is 28.3 Å². The van der Waals surface area contributed by atoms with E-state index in [1.165, 1.54) is 18.3 Å². The van der Waals surface area contributed by atoms with Gasteiger partial charge in [0.25, 0.3) is 0 Å². The second-order valence-electron chi connectivity index (χ2n) is 4.87. The van der Waals surface area contributed by atoms with Crippen LogP contribution in [0.1, 0.15) is 32.5 Å². The third kappa shape index (κ3) is 4.94. The van der Waals surface area contributed by atoms with Crippen molar-refractivity contribution < 1.29 is 17.7 Å². The summed E-state index contributed by atoms with van der Waals surface area (Å²) in [5.41, 5.74) is -0.215. The van der Waals surface area contributed by atoms with E-state index in [4.69, 9.17) is 0 Å². The molecule has 1 unspecified atom stereocenters. The summed E-state index contributed by atoms with van der Waals surface area (Å²) in [4.78, 5) is 3.72. The lowest BCUT2D eigenvalue weighted by Gasteiger charge is -2.28. The molecular weight excluding hydrogens is 345 g/mol. The monoisotopic (exact) mass is 358 g/mol. The standard InChI is InChI=1S/C11H14BrF3N2OS/c1-10(2,3)19(18)17-9(11(13,14)15)8-5-4-7(12)6-16-8/h4-6,9,17H,1-3H3/t9-,19?/m1/s1. The van der Waals surface area contributed by atoms with Crippen molar-refractivity contribution in [3.63, 3.8) is 0 Å². The molecule has 0 fully saturated rings. The maximum absolute atomic E-state index is 13.0. The highest BCUT2D eigenvalue weighted by atomic mass is 79.9. The minimum absolute atomic E-state index is 0.215. The molecule has 19 heavy (non-hydrogen) atoms. The fourth-order valence-corrected chi connectivity index (χ4v) is 2.19. The molecule has 0 saturated carbocycles. The van der Waals surface area contributed by atoms with Crippen LogP contribution in [0.5, 0.6) is 0 Å². The lowest BCUT2D eigenvalue weighted by Crippen LogP contribution is -2.45. The Morgan fingerprint density at radius 3 is 2.26 bits per heavy atom. The molecule has 0 spiro atoms. The van der Waals surface area contributed by atoms with Gasteiger partial charge in [0.05, 0.1) is 5.69 Å². The van der Waals surface area contributed by atoms with Crippen LogP contribution in [0.3, 0.4) is 0 Å². The molecular formula is C11H14BrF3N2OS. The van der Waals surface area contributed by atoms with Gasteiger partial charge in [-0.2, -0.15) is 13.2 Å². The summed E-state index contributed by atoms with van der Waals surface area (Å²) in [6.07, 6.45) is -3.29. The number of halogens is 4. The van der Waals surface area contributed by atoms with Gasteiger partial charge in [-0.15, -0.1) is 4.72 Å². The van der Waals surface area contributed by atoms with Gasteiger partial charge in [-0.1, -0.05) is 0 Å². The van der Waals surface area contributed by atoms with E-state index in [-0.39, 0.29) is 5.69 Å². The summed E-state index contributed by atoms with van der Waals surface area (Å²) in [5, 5.41) is 0. The number of alkyl halides is 3. The van der Waals surface area contributed by atoms with Gasteiger partial charge in [0.2, 0.25) is 0 Å². The average Bonchev–Trinajstić information content (AvgIpc) is 2.24. The van der Waals surface area contributed by atoms with E-state index in [1.807, 2.05) is 0 Å². The van der Waals surface area contributed by atoms with E-state index in [0.29, 0.717) is 4.47 Å². The summed E-state index contributed by atoms with van der Waals surface area (Å²) < 4.78 is 52.7. The Morgan fingerprint density at radius 2 is 1.89 bits per heavy atom. The fourth-order valence-electron chi connectivity index (χ4n) is 1.14. The van der Waals surface area contributed by atoms with Crippen molar-refractivity contribution in [1.29, 1.82) is 0 Å². The molecule has 0 aliphatic heterocycles. The Morgan fingerprint density at radius 1 is 1.32 bits per heavy atom. The highest BCUT2D eigenvalue weighted by molar-refractivity contribution is 9.10. The maximum atomic E-state index is 13.0. The summed E-state index contributed by atoms with van der Waals surface area (Å²) in [5.74, 6) is 0. The number of nitrogens with zero attached hydrogens (tertiary/aromatic N) is 1. The lowest BCUT2D eigenvalue weighted by atomic mass is 10.2. The smallest absolute Gasteiger partial charge is 0.413 e. The van der Waals surface area contributed by atoms with Crippen molar-refractivity contribution in [3.8, 4) is 0 Å². The van der Waals surface area contributed by atoms with Crippen LogP contribution >= 0.6 is 15.9 Å². The van der Waals surface area contributed by atoms with Gasteiger partial charge in [0.1, 0.15) is 4.75 Å². The summed E-state index contributed by atoms with van der Waals surface area (Å²) in [7, 11) is 0. The van der Waals surface area contributed by atoms with E-state index in [2.05, 4.69) is 25.6 Å². The van der Waals surface area contributed by atoms with Gasteiger partial charge in [-0.05, 0) is 48.8 Å². The minimum atomic E-state index is -4.57. The van der Waals surface area contributed by atoms with Gasteiger partial charge in [0.15, 0.2) is 6.04 Å². The molecule has 3 nitrogen and oxygen atoms in total. The van der Waals surface area contributed by atoms with Crippen molar-refractivity contribution in [3.05, 3.63) is 28.5 Å². The summed E-state index contributed by atoms with van der Waals surface area (Å²) >= 11 is 1.26. The van der Waals surface area contributed by atoms with E-state index in [1.54, 1.807) is 20.8 Å². The second-order valence-corrected chi connectivity index (χ2v) is 7.79. The Kier molecular flexibility index (Phi) is 5.28. The molecule has 108 valence electrons. The van der Waals surface area contributed by atoms with Crippen LogP contribution in [0.25, 0.3) is 0 Å². The number of hydrogen-bond donors (Lipinski definition) is 1. The number of rotatable bonds is 3. The normalized spacial score (nSPS) is 16.2. The van der Waals surface area contributed by atoms with Gasteiger partial charge in [0, 0.05) is 22.0 Å². The van der Waals surface area contributed by atoms with Crippen LogP contribution < -0.4 is 4.72 Å². The van der Waals surface area contributed by atoms with Crippen LogP contribution in [0, 0.1) is 0 Å². The van der Waals surface area contributed by atoms with E-state index >= 15 is 0 Å². The highest BCUT2D eigenvalue weighted by Crippen LogP contribution is 2.33. The van der Waals surface area contributed by atoms with Crippen molar-refractivity contribution in [2.24, 2.45) is 0 Å². The lowest BCUT2D eigenvalue weighted by molar-refractivity contribution is -0.153. The highest BCUT2D eigenvalue weighted by Gasteiger charge is 2.46. The zero-order valence-corrected chi connectivity index (χ0v) is 13.0. The van der Waals surface area contributed by atoms with Gasteiger partial charge < -0.3 is 4.55 Å². The molecule has 0 radical (unpaired) electrons. The first-order chi connectivity index (χ1) is 8.51. The second kappa shape index (κ2) is 5.99. The first kappa shape index (κ1) is 16.7. The van der Waals surface area contributed by atoms with Crippen LogP contribution in [-0.4, -0.2) is 20.5 Å². The molecule has 1 rings (SSSR count). The minimum Gasteiger partial charge on any atom is -0.598 e. The van der Waals surface area contributed by atoms with Crippen molar-refractivity contribution in [1.82, 2.24) is 9.71 Å². The predicted molar refractivity (Wildman–Crippen MR) is 71.8 cm³/mol. The molecule has 1 N–H and O–H groups in total. The topological polar surface area (TPSA) is 48.0 Å². The Bertz CT molecular complexity index is 419. The average molecular weight is 359 g/mol. The molecule has 0 aliphatic rings. The van der Waals surface area contributed by atoms with E-state index in [9.17, 15) is 17.7 Å². The molecule has 1 heterocycles. The molecule has 1 aromatic rings. The third-order valence-corrected chi connectivity index (χ3v) is 4.19. The predicted octanol–water partition coefficient (Wildman–Crippen LogP) is 3.50. The number of aromatic nitrogens is 1. The molecule has 1 aromatic heterocycles. The van der Waals surface area contributed by atoms with Crippen molar-refractivity contribution in [2.75, 3.05) is 0 Å². The largest absolute Gasteiger partial charge is 0.598 e. The Labute approximate surface area is 121 Å². The van der Waals surface area contributed by atoms with Gasteiger partial charge in [-0.3, -0.25) is 4.98 Å². The molecule has 0 aromatic carbocycles. The molecule has 2 atom stereocenters. The molecule has 0 amide bonds. The van der Waals surface area contributed by atoms with Crippen LogP contribution in [0.4, 0.5) is 13.2 Å². The SMILES string of the molecule is CC(C)(C)[S+]([O-])N[C@H](c1ccc(Br)cn1)C(F)(F)F. The van der Waals surface area contributed by atoms with Crippen LogP contribution in [0.2, 0.25) is 0 Å². The van der Waals surface area contributed by atoms with Crippen LogP contribution in [0.15, 0.2) is 22.8 Å². The summed E-state index contributed by atoms with van der Waals surface area (Å²) in [6.45, 7) is 4.79. The quantitative estimate of drug-likeness (QED) is 0.841. The third-order valence-electron chi connectivity index (χ3n) is 2.15. The first-order valence-electron chi connectivity index (χ1n) is 5.38. The maximum Gasteiger partial charge on any atom is 0.413 e. The molecule has 0 saturated heterocycles. The summed E-state index contributed by atoms with van der Waals surface area (Å²) in [6, 6.07) is 0.651. The zero-order valence-electron chi connectivity index (χ0n) is 10.6. The van der Waals surface area contributed by atoms with Crippen LogP contribution in [-0.2, 0) is 11.4 Å². The van der Waals surface area contributed by atoms with E-state index in [0.717, 1.165) is 0 Å². The zero-order chi connectivity index (χ0) is 14.8. The fraction of sp³-hybridized carbons (Fsp3) is 0.545. The molecule has 0 bridgehead atoms. The van der Waals surface area contributed by atoms with Crippen molar-refractivity contribution in [2.45, 2.75) is 37.7 Å². The first-order valence-corrected chi connectivity index (χ1v) is 7.32. The molecule has 0 aliphatic carbocycles.